The number of aldehydes is 3. The Balaban J connectivity index is 0.000000239. The van der Waals surface area contributed by atoms with E-state index in [1.807, 2.05) is 140 Å². The van der Waals surface area contributed by atoms with Gasteiger partial charge in [0, 0.05) is 55.3 Å². The molecule has 5 aromatic carbocycles. The largest absolute Gasteiger partial charge is 0.487 e. The molecule has 2 saturated carbocycles. The average Bonchev–Trinajstić information content (AvgIpc) is 1.64. The van der Waals surface area contributed by atoms with E-state index >= 15 is 0 Å². The number of thiophene rings is 4. The molecule has 4 aliphatic rings. The Hall–Kier alpha value is -11.5. The van der Waals surface area contributed by atoms with Crippen molar-refractivity contribution >= 4 is 200 Å². The third-order valence-corrected chi connectivity index (χ3v) is 30.0. The third kappa shape index (κ3) is 40.5. The number of ether oxygens (including phenoxy) is 2. The predicted molar refractivity (Wildman–Crippen MR) is 583 cm³/mol. The number of hydrogen-bond acceptors (Lipinski definition) is 23. The first-order valence-electron chi connectivity index (χ1n) is 47.7. The summed E-state index contributed by atoms with van der Waals surface area (Å²) in [5.74, 6) is 0.114. The van der Waals surface area contributed by atoms with Crippen molar-refractivity contribution in [2.45, 2.75) is 246 Å². The van der Waals surface area contributed by atoms with Gasteiger partial charge in [-0.05, 0) is 268 Å². The molecule has 768 valence electrons. The number of esters is 2. The van der Waals surface area contributed by atoms with E-state index < -0.39 is 47.3 Å². The van der Waals surface area contributed by atoms with Crippen LogP contribution in [0, 0.1) is 23.7 Å². The van der Waals surface area contributed by atoms with E-state index in [4.69, 9.17) is 74.0 Å². The van der Waals surface area contributed by atoms with Crippen LogP contribution in [0.5, 0.6) is 0 Å². The Kier molecular flexibility index (Phi) is 48.1. The van der Waals surface area contributed by atoms with Gasteiger partial charge in [-0.2, -0.15) is 0 Å². The van der Waals surface area contributed by atoms with E-state index in [0.717, 1.165) is 161 Å². The van der Waals surface area contributed by atoms with Gasteiger partial charge in [-0.15, -0.1) is 51.9 Å². The van der Waals surface area contributed by atoms with Gasteiger partial charge < -0.3 is 74.0 Å². The molecule has 0 spiro atoms. The molecule has 2 aliphatic carbocycles. The smallest absolute Gasteiger partial charge is 0.462 e. The second-order valence-corrected chi connectivity index (χ2v) is 45.2. The standard InChI is InChI=1S/C28H38N2O4S.C28H36N2O4S.C16H14N2O3S.C15H19BO3.C8H15BO2.C7H7BrN2O2S.C7H5BrO/c2*1-18(2)15-21(28(33)34-22-5-3-4-6-22)13-11-19-7-9-20(10-8-19)12-14-23-16-24(27(30)32)25(35-23)17-26(29)31;17-15(20)8-14-13(16(18)21)7-12(22-14)6-5-10-1-3-11(9-19)4-2-10;1-14(2)15(3,4)19-16(18-14)10-9-12-5-7-13(11-17)8-6-12;1-6-9-10-7(2,3)8(4,5)11-9;8-5-1-3(7(10)12)4(13-5)2-6(9)11;8-7-3-1-6(5-9)2-4-7/h7-10,16,18,21-22H,3-6,11-15,17H2,1-2H3,(H2,29,31)(H2,30,32);7-10,12,14,16,18,21-22H,3-6,11,13,15,17H2,1-2H3,(H2,29,31)(H2,30,32);1-7,9H,8H2,(H2,17,20)(H2,18,21);5-11H,1-4H3;6H,1H2,2-5H3;1H,2H2,(H2,9,11)(H2,10,12);1-5H/b;14-12+;6-5+;10-9+;;;/t2*21-;;;;;/m00...../s1. The van der Waals surface area contributed by atoms with Gasteiger partial charge in [0.05, 0.1) is 86.0 Å². The number of primary amides is 8. The molecule has 144 heavy (non-hydrogen) atoms. The maximum atomic E-state index is 12.8. The molecule has 4 aromatic heterocycles. The lowest BCUT2D eigenvalue weighted by Crippen LogP contribution is -2.41. The van der Waals surface area contributed by atoms with Crippen LogP contribution < -0.4 is 45.9 Å². The Morgan fingerprint density at radius 2 is 0.688 bits per heavy atom. The molecule has 27 nitrogen and oxygen atoms in total. The molecule has 6 heterocycles. The van der Waals surface area contributed by atoms with Crippen LogP contribution in [-0.4, -0.2) is 127 Å². The molecule has 35 heteroatoms. The van der Waals surface area contributed by atoms with Crippen LogP contribution in [0.15, 0.2) is 172 Å². The number of halogens is 2. The number of rotatable bonds is 39. The highest BCUT2D eigenvalue weighted by molar-refractivity contribution is 9.11. The quantitative estimate of drug-likeness (QED) is 0.0101. The number of hydrogen-bond donors (Lipinski definition) is 8. The highest BCUT2D eigenvalue weighted by Crippen LogP contribution is 2.40. The summed E-state index contributed by atoms with van der Waals surface area (Å²) in [6.07, 6.45) is 27.4. The van der Waals surface area contributed by atoms with Gasteiger partial charge >= 0.3 is 26.2 Å². The van der Waals surface area contributed by atoms with Gasteiger partial charge in [0.1, 0.15) is 31.1 Å². The molecular formula is C109H134B2Br2N8O19S4. The first-order chi connectivity index (χ1) is 68.0. The fourth-order valence-electron chi connectivity index (χ4n) is 15.4. The second kappa shape index (κ2) is 58.0. The monoisotopic (exact) mass is 2170 g/mol. The minimum absolute atomic E-state index is 0.00250. The van der Waals surface area contributed by atoms with Crippen LogP contribution in [0.4, 0.5) is 0 Å². The first-order valence-corrected chi connectivity index (χ1v) is 52.6. The van der Waals surface area contributed by atoms with Crippen molar-refractivity contribution in [3.63, 3.8) is 0 Å². The van der Waals surface area contributed by atoms with Crippen molar-refractivity contribution in [2.75, 3.05) is 0 Å². The van der Waals surface area contributed by atoms with Crippen LogP contribution in [0.25, 0.3) is 30.4 Å². The van der Waals surface area contributed by atoms with Gasteiger partial charge in [0.15, 0.2) is 0 Å². The maximum absolute atomic E-state index is 12.8. The zero-order chi connectivity index (χ0) is 106. The highest BCUT2D eigenvalue weighted by Gasteiger charge is 2.51. The van der Waals surface area contributed by atoms with Gasteiger partial charge in [-0.3, -0.25) is 62.3 Å². The highest BCUT2D eigenvalue weighted by atomic mass is 79.9. The van der Waals surface area contributed by atoms with E-state index in [0.29, 0.717) is 70.3 Å². The molecule has 16 N–H and O–H groups in total. The van der Waals surface area contributed by atoms with Crippen LogP contribution in [-0.2, 0) is 108 Å². The molecule has 0 unspecified atom stereocenters. The van der Waals surface area contributed by atoms with Gasteiger partial charge in [0.2, 0.25) is 47.3 Å². The Morgan fingerprint density at radius 3 is 1.02 bits per heavy atom. The maximum Gasteiger partial charge on any atom is 0.487 e. The Labute approximate surface area is 878 Å². The topological polar surface area (TPSA) is 485 Å². The molecule has 2 saturated heterocycles. The SMILES string of the molecule is C=CB1OC(C)(C)C(C)(C)O1.CC(C)C[C@H](CCc1ccc(/C=C/c2cc(C(N)=O)c(CC(N)=O)s2)cc1)C(=O)OC1CCCC1.CC(C)C[C@H](CCc1ccc(CCc2cc(C(N)=O)c(CC(N)=O)s2)cc1)C(=O)OC1CCCC1.CC1(C)OB(/C=C/c2ccc(C=O)cc2)OC1(C)C.NC(=O)Cc1sc(/C=C/c2ccc(C=O)cc2)cc1C(N)=O.NC(=O)Cc1sc(Br)cc1C(N)=O.O=Cc1ccc(Br)cc1. The van der Waals surface area contributed by atoms with E-state index in [-0.39, 0.29) is 98.3 Å². The third-order valence-electron chi connectivity index (χ3n) is 24.5. The summed E-state index contributed by atoms with van der Waals surface area (Å²) in [5.41, 5.74) is 50.8. The summed E-state index contributed by atoms with van der Waals surface area (Å²) in [6, 6.07) is 45.1. The first kappa shape index (κ1) is 119. The van der Waals surface area contributed by atoms with E-state index in [2.05, 4.69) is 103 Å². The molecular weight excluding hydrogens is 2030 g/mol. The second-order valence-electron chi connectivity index (χ2n) is 38.2. The Bertz CT molecular complexity index is 5900. The van der Waals surface area contributed by atoms with E-state index in [9.17, 15) is 62.3 Å². The summed E-state index contributed by atoms with van der Waals surface area (Å²) in [6.45, 7) is 28.4. The molecule has 4 fully saturated rings. The van der Waals surface area contributed by atoms with Crippen LogP contribution >= 0.6 is 77.2 Å². The number of amides is 8. The lowest BCUT2D eigenvalue weighted by atomic mass is 9.89. The lowest BCUT2D eigenvalue weighted by Gasteiger charge is -2.32. The fourth-order valence-corrected chi connectivity index (χ4v) is 20.7. The summed E-state index contributed by atoms with van der Waals surface area (Å²) in [4.78, 5) is 152. The minimum atomic E-state index is -0.581. The molecule has 13 rings (SSSR count). The van der Waals surface area contributed by atoms with Crippen LogP contribution in [0.3, 0.4) is 0 Å². The van der Waals surface area contributed by atoms with Crippen molar-refractivity contribution < 1.29 is 90.4 Å². The zero-order valence-corrected chi connectivity index (χ0v) is 90.3. The summed E-state index contributed by atoms with van der Waals surface area (Å²) in [5, 5.41) is 0. The molecule has 9 aromatic rings. The van der Waals surface area contributed by atoms with Gasteiger partial charge in [-0.25, -0.2) is 0 Å². The van der Waals surface area contributed by atoms with E-state index in [1.165, 1.54) is 62.0 Å². The predicted octanol–water partition coefficient (Wildman–Crippen LogP) is 19.6. The average molecular weight is 2170 g/mol. The molecule has 8 amide bonds. The normalized spacial score (nSPS) is 15.2. The molecule has 0 radical (unpaired) electrons. The Morgan fingerprint density at radius 1 is 0.389 bits per heavy atom. The van der Waals surface area contributed by atoms with Crippen molar-refractivity contribution in [3.8, 4) is 0 Å². The number of carbonyl (C=O) groups excluding carboxylic acids is 13. The van der Waals surface area contributed by atoms with Crippen molar-refractivity contribution in [3.05, 3.63) is 279 Å². The summed E-state index contributed by atoms with van der Waals surface area (Å²) in [7, 11) is -0.587. The van der Waals surface area contributed by atoms with Crippen molar-refractivity contribution in [1.82, 2.24) is 0 Å². The van der Waals surface area contributed by atoms with Gasteiger partial charge in [-0.1, -0.05) is 183 Å². The van der Waals surface area contributed by atoms with Crippen molar-refractivity contribution in [2.24, 2.45) is 69.5 Å². The van der Waals surface area contributed by atoms with E-state index in [1.54, 1.807) is 66.6 Å². The molecule has 0 bridgehead atoms. The minimum Gasteiger partial charge on any atom is -0.462 e. The lowest BCUT2D eigenvalue weighted by molar-refractivity contribution is -0.155. The number of benzene rings is 5. The summed E-state index contributed by atoms with van der Waals surface area (Å²) < 4.78 is 36.2. The zero-order valence-electron chi connectivity index (χ0n) is 83.9. The number of aryl methyl sites for hydroxylation is 4. The summed E-state index contributed by atoms with van der Waals surface area (Å²) >= 11 is 11.8. The molecule has 2 aliphatic heterocycles. The number of nitrogens with two attached hydrogens (primary N) is 8. The van der Waals surface area contributed by atoms with Crippen LogP contribution in [0.1, 0.15) is 300 Å². The number of carbonyl (C=O) groups is 13. The molecule has 2 atom stereocenters. The van der Waals surface area contributed by atoms with Crippen molar-refractivity contribution in [1.29, 1.82) is 0 Å². The van der Waals surface area contributed by atoms with Gasteiger partial charge in [0.25, 0.3) is 0 Å². The van der Waals surface area contributed by atoms with Crippen LogP contribution in [0.2, 0.25) is 0 Å². The fraction of sp³-hybridized carbons (Fsp3) is 0.385.